The standard InChI is InChI=1S/C19H17ClNO2/c1-2-12(13-5-3-8-17-19(13)23-10-9-22-17)14-11-21-16-7-4-6-15(20)18(14)16/h3-8,11-12,21H,1-2,9-10H2. The van der Waals surface area contributed by atoms with Gasteiger partial charge in [-0.2, -0.15) is 0 Å². The second-order valence-electron chi connectivity index (χ2n) is 5.62. The molecule has 3 nitrogen and oxygen atoms in total. The quantitative estimate of drug-likeness (QED) is 0.739. The fourth-order valence-corrected chi connectivity index (χ4v) is 3.57. The van der Waals surface area contributed by atoms with E-state index in [1.54, 1.807) is 0 Å². The third kappa shape index (κ3) is 2.36. The summed E-state index contributed by atoms with van der Waals surface area (Å²) in [5.41, 5.74) is 3.27. The van der Waals surface area contributed by atoms with Crippen molar-refractivity contribution in [3.05, 3.63) is 65.7 Å². The summed E-state index contributed by atoms with van der Waals surface area (Å²) >= 11 is 6.44. The van der Waals surface area contributed by atoms with Gasteiger partial charge in [0, 0.05) is 28.6 Å². The average Bonchev–Trinajstić information content (AvgIpc) is 3.01. The Morgan fingerprint density at radius 1 is 1.09 bits per heavy atom. The number of halogens is 1. The maximum atomic E-state index is 6.44. The first kappa shape index (κ1) is 14.5. The average molecular weight is 327 g/mol. The lowest BCUT2D eigenvalue weighted by atomic mass is 9.88. The van der Waals surface area contributed by atoms with Crippen molar-refractivity contribution in [3.63, 3.8) is 0 Å². The van der Waals surface area contributed by atoms with Crippen LogP contribution in [0.15, 0.2) is 42.6 Å². The molecule has 2 aromatic carbocycles. The van der Waals surface area contributed by atoms with Crippen molar-refractivity contribution < 1.29 is 9.47 Å². The zero-order valence-electron chi connectivity index (χ0n) is 12.6. The van der Waals surface area contributed by atoms with Crippen molar-refractivity contribution in [2.75, 3.05) is 13.2 Å². The minimum atomic E-state index is 0.0975. The van der Waals surface area contributed by atoms with Gasteiger partial charge in [0.2, 0.25) is 0 Å². The van der Waals surface area contributed by atoms with E-state index in [0.717, 1.165) is 38.6 Å². The number of ether oxygens (including phenoxy) is 2. The predicted molar refractivity (Wildman–Crippen MR) is 92.6 cm³/mol. The molecular formula is C19H17ClNO2. The maximum absolute atomic E-state index is 6.44. The lowest BCUT2D eigenvalue weighted by Gasteiger charge is -2.24. The van der Waals surface area contributed by atoms with Crippen LogP contribution in [0, 0.1) is 6.92 Å². The highest BCUT2D eigenvalue weighted by molar-refractivity contribution is 6.35. The molecule has 1 aliphatic heterocycles. The summed E-state index contributed by atoms with van der Waals surface area (Å²) < 4.78 is 11.6. The zero-order chi connectivity index (χ0) is 15.8. The summed E-state index contributed by atoms with van der Waals surface area (Å²) in [6, 6.07) is 11.9. The Labute approximate surface area is 140 Å². The van der Waals surface area contributed by atoms with Crippen molar-refractivity contribution in [2.24, 2.45) is 0 Å². The molecule has 117 valence electrons. The van der Waals surface area contributed by atoms with Gasteiger partial charge < -0.3 is 14.5 Å². The summed E-state index contributed by atoms with van der Waals surface area (Å²) in [5.74, 6) is 1.73. The molecule has 0 amide bonds. The molecule has 0 saturated heterocycles. The Morgan fingerprint density at radius 2 is 1.91 bits per heavy atom. The lowest BCUT2D eigenvalue weighted by molar-refractivity contribution is 0.169. The second-order valence-corrected chi connectivity index (χ2v) is 6.03. The molecule has 1 aliphatic rings. The van der Waals surface area contributed by atoms with Crippen molar-refractivity contribution in [2.45, 2.75) is 12.3 Å². The number of hydrogen-bond donors (Lipinski definition) is 1. The molecule has 23 heavy (non-hydrogen) atoms. The normalized spacial score (nSPS) is 14.9. The predicted octanol–water partition coefficient (Wildman–Crippen LogP) is 4.95. The van der Waals surface area contributed by atoms with Crippen LogP contribution in [0.3, 0.4) is 0 Å². The molecule has 4 rings (SSSR count). The Balaban J connectivity index is 1.89. The number of aromatic nitrogens is 1. The fourth-order valence-electron chi connectivity index (χ4n) is 3.29. The topological polar surface area (TPSA) is 34.2 Å². The Bertz CT molecular complexity index is 856. The molecule has 1 aromatic heterocycles. The van der Waals surface area contributed by atoms with Gasteiger partial charge >= 0.3 is 0 Å². The molecule has 3 aromatic rings. The van der Waals surface area contributed by atoms with E-state index in [9.17, 15) is 0 Å². The molecule has 1 unspecified atom stereocenters. The fraction of sp³-hybridized carbons (Fsp3) is 0.211. The van der Waals surface area contributed by atoms with E-state index in [-0.39, 0.29) is 5.92 Å². The molecule has 1 radical (unpaired) electrons. The molecular weight excluding hydrogens is 310 g/mol. The zero-order valence-corrected chi connectivity index (χ0v) is 13.4. The van der Waals surface area contributed by atoms with Crippen LogP contribution in [0.4, 0.5) is 0 Å². The van der Waals surface area contributed by atoms with Gasteiger partial charge in [0.05, 0.1) is 5.02 Å². The van der Waals surface area contributed by atoms with Crippen LogP contribution in [-0.4, -0.2) is 18.2 Å². The summed E-state index contributed by atoms with van der Waals surface area (Å²) in [6.07, 6.45) is 2.73. The monoisotopic (exact) mass is 326 g/mol. The molecule has 4 heteroatoms. The maximum Gasteiger partial charge on any atom is 0.165 e. The van der Waals surface area contributed by atoms with Gasteiger partial charge in [0.15, 0.2) is 11.5 Å². The van der Waals surface area contributed by atoms with Gasteiger partial charge in [-0.1, -0.05) is 36.7 Å². The Morgan fingerprint density at radius 3 is 2.78 bits per heavy atom. The lowest BCUT2D eigenvalue weighted by Crippen LogP contribution is -2.17. The number of H-pyrrole nitrogens is 1. The number of nitrogens with one attached hydrogen (secondary N) is 1. The largest absolute Gasteiger partial charge is 0.486 e. The van der Waals surface area contributed by atoms with Crippen molar-refractivity contribution in [3.8, 4) is 11.5 Å². The van der Waals surface area contributed by atoms with Crippen molar-refractivity contribution in [1.29, 1.82) is 0 Å². The van der Waals surface area contributed by atoms with Gasteiger partial charge in [-0.3, -0.25) is 0 Å². The minimum absolute atomic E-state index is 0.0975. The van der Waals surface area contributed by atoms with Crippen LogP contribution >= 0.6 is 11.6 Å². The number of para-hydroxylation sites is 1. The summed E-state index contributed by atoms with van der Waals surface area (Å²) in [4.78, 5) is 3.31. The third-order valence-corrected chi connectivity index (χ3v) is 4.64. The van der Waals surface area contributed by atoms with Crippen LogP contribution in [0.1, 0.15) is 23.5 Å². The van der Waals surface area contributed by atoms with Crippen LogP contribution in [-0.2, 0) is 0 Å². The van der Waals surface area contributed by atoms with E-state index in [1.165, 1.54) is 0 Å². The molecule has 0 aliphatic carbocycles. The van der Waals surface area contributed by atoms with Gasteiger partial charge in [-0.05, 0) is 30.2 Å². The highest BCUT2D eigenvalue weighted by Crippen LogP contribution is 2.43. The highest BCUT2D eigenvalue weighted by Gasteiger charge is 2.24. The van der Waals surface area contributed by atoms with Gasteiger partial charge in [-0.25, -0.2) is 0 Å². The summed E-state index contributed by atoms with van der Waals surface area (Å²) in [6.45, 7) is 5.31. The van der Waals surface area contributed by atoms with E-state index < -0.39 is 0 Å². The van der Waals surface area contributed by atoms with Gasteiger partial charge in [0.25, 0.3) is 0 Å². The second kappa shape index (κ2) is 5.82. The molecule has 1 N–H and O–H groups in total. The number of fused-ring (bicyclic) bond motifs is 2. The van der Waals surface area contributed by atoms with E-state index in [4.69, 9.17) is 21.1 Å². The smallest absolute Gasteiger partial charge is 0.165 e. The van der Waals surface area contributed by atoms with E-state index >= 15 is 0 Å². The minimum Gasteiger partial charge on any atom is -0.486 e. The van der Waals surface area contributed by atoms with Crippen molar-refractivity contribution in [1.82, 2.24) is 4.98 Å². The van der Waals surface area contributed by atoms with Gasteiger partial charge in [0.1, 0.15) is 13.2 Å². The van der Waals surface area contributed by atoms with E-state index in [0.29, 0.717) is 19.6 Å². The summed E-state index contributed by atoms with van der Waals surface area (Å²) in [7, 11) is 0. The first-order chi connectivity index (χ1) is 11.3. The number of benzene rings is 2. The molecule has 0 spiro atoms. The Kier molecular flexibility index (Phi) is 3.66. The van der Waals surface area contributed by atoms with E-state index in [2.05, 4.69) is 18.0 Å². The molecule has 1 atom stereocenters. The first-order valence-electron chi connectivity index (χ1n) is 7.73. The molecule has 0 saturated carbocycles. The summed E-state index contributed by atoms with van der Waals surface area (Å²) in [5, 5.41) is 1.80. The van der Waals surface area contributed by atoms with Crippen LogP contribution in [0.2, 0.25) is 5.02 Å². The number of hydrogen-bond acceptors (Lipinski definition) is 2. The van der Waals surface area contributed by atoms with Crippen LogP contribution in [0.25, 0.3) is 10.9 Å². The highest BCUT2D eigenvalue weighted by atomic mass is 35.5. The number of rotatable bonds is 3. The van der Waals surface area contributed by atoms with E-state index in [1.807, 2.05) is 36.5 Å². The van der Waals surface area contributed by atoms with Crippen molar-refractivity contribution >= 4 is 22.5 Å². The number of aromatic amines is 1. The first-order valence-corrected chi connectivity index (χ1v) is 8.10. The van der Waals surface area contributed by atoms with Crippen LogP contribution in [0.5, 0.6) is 11.5 Å². The molecule has 0 fully saturated rings. The van der Waals surface area contributed by atoms with Gasteiger partial charge in [-0.15, -0.1) is 0 Å². The SMILES string of the molecule is [CH2]CC(c1cccc2c1OCCO2)c1c[nH]c2cccc(Cl)c12. The van der Waals surface area contributed by atoms with Crippen LogP contribution < -0.4 is 9.47 Å². The Hall–Kier alpha value is -2.13. The third-order valence-electron chi connectivity index (χ3n) is 4.32. The molecule has 0 bridgehead atoms. The molecule has 2 heterocycles.